The summed E-state index contributed by atoms with van der Waals surface area (Å²) in [5, 5.41) is 0. The zero-order chi connectivity index (χ0) is 4.69. The molecule has 0 aliphatic heterocycles. The van der Waals surface area contributed by atoms with Crippen LogP contribution in [-0.4, -0.2) is 0 Å². The maximum atomic E-state index is 2.17. The van der Waals surface area contributed by atoms with Crippen LogP contribution in [0.15, 0.2) is 24.3 Å². The number of fused-ring (bicyclic) bond motifs is 1. The molecule has 7 heavy (non-hydrogen) atoms. The number of rotatable bonds is 0. The molecule has 1 aromatic rings. The largest absolute Gasteiger partial charge is 0.0620 e. The molecule has 33 valence electrons. The van der Waals surface area contributed by atoms with Crippen molar-refractivity contribution in [3.63, 3.8) is 0 Å². The molecule has 1 aliphatic rings. The van der Waals surface area contributed by atoms with Crippen molar-refractivity contribution in [3.05, 3.63) is 41.8 Å². The molecule has 0 aromatic heterocycles. The summed E-state index contributed by atoms with van der Waals surface area (Å²) < 4.78 is 0. The molecule has 0 heteroatoms. The molecular formula is C7H5. The van der Waals surface area contributed by atoms with Crippen molar-refractivity contribution < 1.29 is 0 Å². The smallest absolute Gasteiger partial charge is 0.0205 e. The van der Waals surface area contributed by atoms with E-state index in [1.807, 2.05) is 0 Å². The van der Waals surface area contributed by atoms with Gasteiger partial charge in [0.05, 0.1) is 0 Å². The first-order valence-corrected chi connectivity index (χ1v) is 2.40. The third kappa shape index (κ3) is 0.362. The van der Waals surface area contributed by atoms with Gasteiger partial charge in [-0.1, -0.05) is 24.3 Å². The predicted octanol–water partition coefficient (Wildman–Crippen LogP) is 1.60. The van der Waals surface area contributed by atoms with Gasteiger partial charge in [0.15, 0.2) is 0 Å². The van der Waals surface area contributed by atoms with E-state index in [1.54, 1.807) is 0 Å². The molecule has 0 nitrogen and oxygen atoms in total. The second-order valence-electron chi connectivity index (χ2n) is 1.77. The summed E-state index contributed by atoms with van der Waals surface area (Å²) in [7, 11) is 0. The predicted molar refractivity (Wildman–Crippen MR) is 28.9 cm³/mol. The lowest BCUT2D eigenvalue weighted by Crippen LogP contribution is -1.48. The standard InChI is InChI=1S/C7H5/c1-2-4-7-5-6(7)3-1/h1-5H. The van der Waals surface area contributed by atoms with Crippen LogP contribution in [0.4, 0.5) is 0 Å². The van der Waals surface area contributed by atoms with Crippen LogP contribution in [-0.2, 0) is 0 Å². The summed E-state index contributed by atoms with van der Waals surface area (Å²) in [5.41, 5.74) is 2.81. The number of benzene rings is 1. The van der Waals surface area contributed by atoms with Gasteiger partial charge in [-0.25, -0.2) is 0 Å². The van der Waals surface area contributed by atoms with Crippen molar-refractivity contribution in [1.82, 2.24) is 0 Å². The molecular weight excluding hydrogens is 84.1 g/mol. The Kier molecular flexibility index (Phi) is 0.413. The van der Waals surface area contributed by atoms with E-state index >= 15 is 0 Å². The second-order valence-corrected chi connectivity index (χ2v) is 1.77. The molecule has 2 rings (SSSR count). The molecule has 1 radical (unpaired) electrons. The van der Waals surface area contributed by atoms with Gasteiger partial charge in [-0.05, 0) is 11.1 Å². The van der Waals surface area contributed by atoms with E-state index in [-0.39, 0.29) is 0 Å². The fourth-order valence-corrected chi connectivity index (χ4v) is 0.739. The molecule has 1 aromatic carbocycles. The fraction of sp³-hybridized carbons (Fsp3) is 0. The van der Waals surface area contributed by atoms with Crippen LogP contribution in [0.5, 0.6) is 0 Å². The average Bonchev–Trinajstić information content (AvgIpc) is 2.41. The Morgan fingerprint density at radius 1 is 0.857 bits per heavy atom. The summed E-state index contributed by atoms with van der Waals surface area (Å²) in [6.07, 6.45) is 2.17. The van der Waals surface area contributed by atoms with Gasteiger partial charge in [0, 0.05) is 6.42 Å². The van der Waals surface area contributed by atoms with Gasteiger partial charge in [-0.3, -0.25) is 0 Å². The first-order valence-electron chi connectivity index (χ1n) is 2.40. The van der Waals surface area contributed by atoms with Crippen LogP contribution >= 0.6 is 0 Å². The highest BCUT2D eigenvalue weighted by molar-refractivity contribution is 5.57. The van der Waals surface area contributed by atoms with Crippen LogP contribution in [0.3, 0.4) is 0 Å². The molecule has 1 aliphatic carbocycles. The minimum atomic E-state index is 1.41. The molecule has 0 spiro atoms. The van der Waals surface area contributed by atoms with Gasteiger partial charge in [0.2, 0.25) is 0 Å². The number of hydrogen-bond donors (Lipinski definition) is 0. The van der Waals surface area contributed by atoms with Crippen molar-refractivity contribution in [3.8, 4) is 0 Å². The van der Waals surface area contributed by atoms with Gasteiger partial charge in [0.1, 0.15) is 0 Å². The van der Waals surface area contributed by atoms with Crippen LogP contribution < -0.4 is 0 Å². The summed E-state index contributed by atoms with van der Waals surface area (Å²) >= 11 is 0. The van der Waals surface area contributed by atoms with E-state index in [0.717, 1.165) is 0 Å². The zero-order valence-corrected chi connectivity index (χ0v) is 3.89. The van der Waals surface area contributed by atoms with Gasteiger partial charge < -0.3 is 0 Å². The summed E-state index contributed by atoms with van der Waals surface area (Å²) in [5.74, 6) is 0. The maximum absolute atomic E-state index is 2.17. The van der Waals surface area contributed by atoms with Crippen molar-refractivity contribution in [2.45, 2.75) is 0 Å². The van der Waals surface area contributed by atoms with E-state index in [0.29, 0.717) is 0 Å². The van der Waals surface area contributed by atoms with Gasteiger partial charge in [0.25, 0.3) is 0 Å². The van der Waals surface area contributed by atoms with Gasteiger partial charge in [-0.15, -0.1) is 0 Å². The lowest BCUT2D eigenvalue weighted by Gasteiger charge is -1.68. The Labute approximate surface area is 42.8 Å². The minimum Gasteiger partial charge on any atom is -0.0620 e. The molecule has 0 saturated carbocycles. The highest BCUT2D eigenvalue weighted by Gasteiger charge is 2.13. The lowest BCUT2D eigenvalue weighted by molar-refractivity contribution is 1.77. The summed E-state index contributed by atoms with van der Waals surface area (Å²) in [6, 6.07) is 8.36. The SMILES string of the molecule is [CH]1c2ccccc21. The van der Waals surface area contributed by atoms with Crippen LogP contribution in [0.25, 0.3) is 0 Å². The maximum Gasteiger partial charge on any atom is 0.0205 e. The summed E-state index contributed by atoms with van der Waals surface area (Å²) in [4.78, 5) is 0. The first kappa shape index (κ1) is 3.25. The summed E-state index contributed by atoms with van der Waals surface area (Å²) in [6.45, 7) is 0. The monoisotopic (exact) mass is 89.0 g/mol. The van der Waals surface area contributed by atoms with E-state index < -0.39 is 0 Å². The Hall–Kier alpha value is -0.780. The van der Waals surface area contributed by atoms with E-state index in [1.165, 1.54) is 11.1 Å². The minimum absolute atomic E-state index is 1.41. The molecule has 0 bridgehead atoms. The normalized spacial score (nSPS) is 13.1. The highest BCUT2D eigenvalue weighted by atomic mass is 14.2. The van der Waals surface area contributed by atoms with Gasteiger partial charge >= 0.3 is 0 Å². The third-order valence-electron chi connectivity index (χ3n) is 1.22. The molecule has 0 heterocycles. The van der Waals surface area contributed by atoms with Gasteiger partial charge in [-0.2, -0.15) is 0 Å². The van der Waals surface area contributed by atoms with Crippen molar-refractivity contribution in [2.24, 2.45) is 0 Å². The Balaban J connectivity index is 2.73. The van der Waals surface area contributed by atoms with Crippen LogP contribution in [0, 0.1) is 6.42 Å². The third-order valence-corrected chi connectivity index (χ3v) is 1.22. The Bertz CT molecular complexity index is 168. The van der Waals surface area contributed by atoms with Crippen LogP contribution in [0.1, 0.15) is 11.1 Å². The van der Waals surface area contributed by atoms with E-state index in [2.05, 4.69) is 30.7 Å². The Morgan fingerprint density at radius 3 is 1.86 bits per heavy atom. The Morgan fingerprint density at radius 2 is 1.43 bits per heavy atom. The fourth-order valence-electron chi connectivity index (χ4n) is 0.739. The average molecular weight is 89.1 g/mol. The van der Waals surface area contributed by atoms with Crippen molar-refractivity contribution in [2.75, 3.05) is 0 Å². The van der Waals surface area contributed by atoms with Crippen LogP contribution in [0.2, 0.25) is 0 Å². The highest BCUT2D eigenvalue weighted by Crippen LogP contribution is 2.28. The molecule has 0 atom stereocenters. The topological polar surface area (TPSA) is 0 Å². The van der Waals surface area contributed by atoms with E-state index in [4.69, 9.17) is 0 Å². The molecule has 0 saturated heterocycles. The molecule has 0 N–H and O–H groups in total. The molecule has 0 amide bonds. The first-order chi connectivity index (χ1) is 3.47. The number of hydrogen-bond acceptors (Lipinski definition) is 0. The lowest BCUT2D eigenvalue weighted by atomic mass is 10.4. The van der Waals surface area contributed by atoms with Crippen molar-refractivity contribution in [1.29, 1.82) is 0 Å². The molecule has 0 fully saturated rings. The molecule has 0 unspecified atom stereocenters. The van der Waals surface area contributed by atoms with Crippen molar-refractivity contribution >= 4 is 0 Å². The quantitative estimate of drug-likeness (QED) is 0.460. The van der Waals surface area contributed by atoms with E-state index in [9.17, 15) is 0 Å². The zero-order valence-electron chi connectivity index (χ0n) is 3.89. The second kappa shape index (κ2) is 0.890.